The minimum absolute atomic E-state index is 0.00346. The van der Waals surface area contributed by atoms with Crippen LogP contribution in [0.2, 0.25) is 0 Å². The second kappa shape index (κ2) is 10.8. The zero-order valence-electron chi connectivity index (χ0n) is 22.5. The lowest BCUT2D eigenvalue weighted by molar-refractivity contribution is 0.0787. The number of hydrogen-bond acceptors (Lipinski definition) is 7. The predicted molar refractivity (Wildman–Crippen MR) is 163 cm³/mol. The van der Waals surface area contributed by atoms with Gasteiger partial charge in [0.1, 0.15) is 27.6 Å². The Bertz CT molecular complexity index is 2020. The number of aliphatic hydroxyl groups excluding tert-OH is 1. The Balaban J connectivity index is 1.19. The lowest BCUT2D eigenvalue weighted by atomic mass is 10.0. The number of pyridine rings is 1. The Morgan fingerprint density at radius 2 is 1.67 bits per heavy atom. The van der Waals surface area contributed by atoms with Gasteiger partial charge in [0.15, 0.2) is 0 Å². The van der Waals surface area contributed by atoms with Crippen molar-refractivity contribution in [2.24, 2.45) is 5.92 Å². The highest BCUT2D eigenvalue weighted by molar-refractivity contribution is 7.17. The van der Waals surface area contributed by atoms with Crippen LogP contribution in [0.5, 0.6) is 11.5 Å². The number of para-hydroxylation sites is 1. The fourth-order valence-corrected chi connectivity index (χ4v) is 6.64. The molecule has 0 saturated carbocycles. The van der Waals surface area contributed by atoms with Gasteiger partial charge in [0.05, 0.1) is 21.1 Å². The van der Waals surface area contributed by atoms with Gasteiger partial charge in [0, 0.05) is 31.3 Å². The number of likely N-dealkylation sites (tertiary alicyclic amines) is 1. The van der Waals surface area contributed by atoms with E-state index in [1.54, 1.807) is 16.8 Å². The van der Waals surface area contributed by atoms with Crippen LogP contribution in [0.25, 0.3) is 32.7 Å². The van der Waals surface area contributed by atoms with E-state index in [4.69, 9.17) is 4.74 Å². The SMILES string of the molecule is O=C(c1ccccc1)N1CC[C@H](CC(O)=c2sc3nccc4c3c2nc(=O)n4-c2ccc(Oc3ccccc3)cc2)C1. The van der Waals surface area contributed by atoms with Crippen LogP contribution in [-0.4, -0.2) is 43.5 Å². The highest BCUT2D eigenvalue weighted by Gasteiger charge is 2.28. The number of hydrogen-bond donors (Lipinski definition) is 1. The first-order chi connectivity index (χ1) is 20.5. The number of ether oxygens (including phenoxy) is 1. The Hall–Kier alpha value is -5.02. The molecule has 9 heteroatoms. The molecule has 0 unspecified atom stereocenters. The monoisotopic (exact) mass is 574 g/mol. The Morgan fingerprint density at radius 1 is 0.952 bits per heavy atom. The van der Waals surface area contributed by atoms with Gasteiger partial charge in [-0.15, -0.1) is 11.3 Å². The molecule has 6 aromatic rings. The summed E-state index contributed by atoms with van der Waals surface area (Å²) in [5.41, 5.74) is 2.00. The number of aliphatic hydroxyl groups is 1. The normalized spacial score (nSPS) is 15.8. The van der Waals surface area contributed by atoms with Crippen LogP contribution >= 0.6 is 11.3 Å². The first-order valence-electron chi connectivity index (χ1n) is 13.7. The van der Waals surface area contributed by atoms with E-state index in [1.807, 2.05) is 89.8 Å². The summed E-state index contributed by atoms with van der Waals surface area (Å²) in [4.78, 5) is 37.8. The number of nitrogens with zero attached hydrogens (tertiary/aromatic N) is 4. The smallest absolute Gasteiger partial charge is 0.353 e. The molecule has 1 fully saturated rings. The van der Waals surface area contributed by atoms with E-state index >= 15 is 0 Å². The van der Waals surface area contributed by atoms with Gasteiger partial charge in [-0.05, 0) is 66.9 Å². The van der Waals surface area contributed by atoms with Crippen molar-refractivity contribution >= 4 is 44.3 Å². The van der Waals surface area contributed by atoms with E-state index in [9.17, 15) is 14.7 Å². The van der Waals surface area contributed by atoms with Crippen molar-refractivity contribution < 1.29 is 14.6 Å². The van der Waals surface area contributed by atoms with Crippen LogP contribution in [0.1, 0.15) is 23.2 Å². The number of thiophene rings is 1. The number of benzene rings is 3. The van der Waals surface area contributed by atoms with E-state index in [-0.39, 0.29) is 17.6 Å². The molecule has 0 bridgehead atoms. The lowest BCUT2D eigenvalue weighted by Gasteiger charge is -2.16. The van der Waals surface area contributed by atoms with E-state index in [2.05, 4.69) is 9.97 Å². The first-order valence-corrected chi connectivity index (χ1v) is 14.6. The molecule has 8 nitrogen and oxygen atoms in total. The summed E-state index contributed by atoms with van der Waals surface area (Å²) in [6.45, 7) is 1.21. The average Bonchev–Trinajstić information content (AvgIpc) is 3.64. The number of carbonyl (C=O) groups is 1. The number of amides is 1. The van der Waals surface area contributed by atoms with Crippen molar-refractivity contribution in [3.8, 4) is 17.2 Å². The molecule has 1 N–H and O–H groups in total. The third-order valence-electron chi connectivity index (χ3n) is 7.60. The molecule has 0 aliphatic carbocycles. The van der Waals surface area contributed by atoms with Crippen molar-refractivity contribution in [3.05, 3.63) is 118 Å². The quantitative estimate of drug-likeness (QED) is 0.273. The maximum absolute atomic E-state index is 13.4. The fourth-order valence-electron chi connectivity index (χ4n) is 5.58. The summed E-state index contributed by atoms with van der Waals surface area (Å²) in [6.07, 6.45) is 2.85. The molecule has 0 spiro atoms. The summed E-state index contributed by atoms with van der Waals surface area (Å²) in [6, 6.07) is 27.8. The molecule has 3 aromatic carbocycles. The van der Waals surface area contributed by atoms with Gasteiger partial charge in [-0.2, -0.15) is 4.98 Å². The molecule has 1 aliphatic rings. The topological polar surface area (TPSA) is 97.6 Å². The van der Waals surface area contributed by atoms with Crippen molar-refractivity contribution in [2.45, 2.75) is 12.8 Å². The highest BCUT2D eigenvalue weighted by Crippen LogP contribution is 2.29. The van der Waals surface area contributed by atoms with Gasteiger partial charge in [0.25, 0.3) is 5.91 Å². The maximum Gasteiger partial charge on any atom is 0.353 e. The van der Waals surface area contributed by atoms with Crippen LogP contribution < -0.4 is 15.0 Å². The van der Waals surface area contributed by atoms with Gasteiger partial charge in [-0.1, -0.05) is 36.4 Å². The molecule has 1 amide bonds. The predicted octanol–water partition coefficient (Wildman–Crippen LogP) is 5.73. The third-order valence-corrected chi connectivity index (χ3v) is 8.73. The molecule has 208 valence electrons. The standard InChI is InChI=1S/C33H26N4O4S/c38-27(19-21-16-18-36(20-21)32(39)22-7-3-1-4-8-22)30-29-28-26(15-17-34-31(28)42-30)37(33(40)35-29)23-11-13-25(14-12-23)41-24-9-5-2-6-10-24/h1-15,17,21,38H,16,18-20H2/t21-/m1/s1. The Kier molecular flexibility index (Phi) is 6.64. The van der Waals surface area contributed by atoms with E-state index in [1.165, 1.54) is 11.3 Å². The van der Waals surface area contributed by atoms with Crippen molar-refractivity contribution in [2.75, 3.05) is 13.1 Å². The maximum atomic E-state index is 13.4. The van der Waals surface area contributed by atoms with Crippen molar-refractivity contribution in [1.82, 2.24) is 19.4 Å². The summed E-state index contributed by atoms with van der Waals surface area (Å²) >= 11 is 1.33. The van der Waals surface area contributed by atoms with Gasteiger partial charge >= 0.3 is 5.69 Å². The van der Waals surface area contributed by atoms with E-state index in [0.29, 0.717) is 56.9 Å². The fraction of sp³-hybridized carbons (Fsp3) is 0.152. The van der Waals surface area contributed by atoms with Gasteiger partial charge in [0.2, 0.25) is 0 Å². The van der Waals surface area contributed by atoms with Crippen LogP contribution in [0, 0.1) is 5.92 Å². The molecule has 42 heavy (non-hydrogen) atoms. The second-order valence-electron chi connectivity index (χ2n) is 10.4. The molecule has 0 radical (unpaired) electrons. The summed E-state index contributed by atoms with van der Waals surface area (Å²) in [5.74, 6) is 1.66. The minimum atomic E-state index is -0.445. The molecular weight excluding hydrogens is 548 g/mol. The van der Waals surface area contributed by atoms with Gasteiger partial charge < -0.3 is 14.7 Å². The summed E-state index contributed by atoms with van der Waals surface area (Å²) in [7, 11) is 0. The molecule has 1 atom stereocenters. The largest absolute Gasteiger partial charge is 0.511 e. The average molecular weight is 575 g/mol. The highest BCUT2D eigenvalue weighted by atomic mass is 32.1. The van der Waals surface area contributed by atoms with Crippen LogP contribution in [-0.2, 0) is 0 Å². The van der Waals surface area contributed by atoms with Crippen molar-refractivity contribution in [1.29, 1.82) is 0 Å². The number of rotatable bonds is 6. The van der Waals surface area contributed by atoms with Crippen molar-refractivity contribution in [3.63, 3.8) is 0 Å². The molecule has 3 aromatic heterocycles. The zero-order chi connectivity index (χ0) is 28.6. The lowest BCUT2D eigenvalue weighted by Crippen LogP contribution is -2.28. The summed E-state index contributed by atoms with van der Waals surface area (Å²) in [5, 5.41) is 12.0. The zero-order valence-corrected chi connectivity index (χ0v) is 23.3. The Labute approximate surface area is 244 Å². The second-order valence-corrected chi connectivity index (χ2v) is 11.4. The molecule has 1 aliphatic heterocycles. The van der Waals surface area contributed by atoms with Crippen LogP contribution in [0.3, 0.4) is 0 Å². The molecular formula is C33H26N4O4S. The minimum Gasteiger partial charge on any atom is -0.511 e. The van der Waals surface area contributed by atoms with Gasteiger partial charge in [-0.3, -0.25) is 9.36 Å². The third kappa shape index (κ3) is 4.77. The first kappa shape index (κ1) is 25.9. The molecule has 7 rings (SSSR count). The van der Waals surface area contributed by atoms with E-state index < -0.39 is 5.69 Å². The molecule has 4 heterocycles. The van der Waals surface area contributed by atoms with Gasteiger partial charge in [-0.25, -0.2) is 9.78 Å². The van der Waals surface area contributed by atoms with Crippen LogP contribution in [0.15, 0.2) is 102 Å². The number of aromatic nitrogens is 3. The van der Waals surface area contributed by atoms with Crippen LogP contribution in [0.4, 0.5) is 0 Å². The van der Waals surface area contributed by atoms with E-state index in [0.717, 1.165) is 17.6 Å². The summed E-state index contributed by atoms with van der Waals surface area (Å²) < 4.78 is 8.01. The molecule has 1 saturated heterocycles. The Morgan fingerprint density at radius 3 is 2.43 bits per heavy atom. The number of carbonyl (C=O) groups excluding carboxylic acids is 1.